The van der Waals surface area contributed by atoms with Crippen LogP contribution in [0.2, 0.25) is 5.02 Å². The van der Waals surface area contributed by atoms with Crippen LogP contribution in [0.1, 0.15) is 17.3 Å². The van der Waals surface area contributed by atoms with Crippen LogP contribution in [0.15, 0.2) is 54.9 Å². The molecule has 0 unspecified atom stereocenters. The molecule has 3 rings (SSSR count). The maximum Gasteiger partial charge on any atom is 0.338 e. The quantitative estimate of drug-likeness (QED) is 0.543. The fraction of sp³-hybridized carbons (Fsp3) is 0.105. The van der Waals surface area contributed by atoms with Gasteiger partial charge in [0.2, 0.25) is 0 Å². The Labute approximate surface area is 161 Å². The predicted octanol–water partition coefficient (Wildman–Crippen LogP) is 4.38. The normalized spacial score (nSPS) is 10.3. The lowest BCUT2D eigenvalue weighted by Gasteiger charge is -2.13. The molecule has 0 aliphatic rings. The number of carbonyl (C=O) groups excluding carboxylic acids is 1. The van der Waals surface area contributed by atoms with E-state index < -0.39 is 0 Å². The Hall–Kier alpha value is -3.32. The number of hydrogen-bond donors (Lipinski definition) is 3. The number of esters is 1. The average Bonchev–Trinajstić information content (AvgIpc) is 2.67. The fourth-order valence-corrected chi connectivity index (χ4v) is 2.43. The molecule has 0 spiro atoms. The van der Waals surface area contributed by atoms with Crippen LogP contribution < -0.4 is 16.4 Å². The van der Waals surface area contributed by atoms with Crippen LogP contribution in [0.4, 0.5) is 28.7 Å². The van der Waals surface area contributed by atoms with Crippen LogP contribution in [0.25, 0.3) is 0 Å². The maximum absolute atomic E-state index is 11.7. The summed E-state index contributed by atoms with van der Waals surface area (Å²) in [5.74, 6) is 0.559. The zero-order chi connectivity index (χ0) is 19.2. The van der Waals surface area contributed by atoms with Gasteiger partial charge in [-0.3, -0.25) is 0 Å². The summed E-state index contributed by atoms with van der Waals surface area (Å²) < 4.78 is 4.97. The third-order valence-corrected chi connectivity index (χ3v) is 3.90. The molecule has 0 saturated carbocycles. The van der Waals surface area contributed by atoms with Crippen molar-refractivity contribution >= 4 is 46.3 Å². The van der Waals surface area contributed by atoms with Crippen molar-refractivity contribution in [1.29, 1.82) is 0 Å². The summed E-state index contributed by atoms with van der Waals surface area (Å²) >= 11 is 5.89. The van der Waals surface area contributed by atoms with E-state index >= 15 is 0 Å². The molecule has 0 radical (unpaired) electrons. The summed E-state index contributed by atoms with van der Waals surface area (Å²) in [7, 11) is 0. The summed E-state index contributed by atoms with van der Waals surface area (Å²) in [4.78, 5) is 20.1. The highest BCUT2D eigenvalue weighted by molar-refractivity contribution is 6.30. The average molecular weight is 384 g/mol. The van der Waals surface area contributed by atoms with Crippen LogP contribution in [0.5, 0.6) is 0 Å². The lowest BCUT2D eigenvalue weighted by Crippen LogP contribution is -2.06. The zero-order valence-electron chi connectivity index (χ0n) is 14.6. The van der Waals surface area contributed by atoms with E-state index in [1.54, 1.807) is 43.3 Å². The first-order chi connectivity index (χ1) is 13.1. The van der Waals surface area contributed by atoms with Gasteiger partial charge in [0.25, 0.3) is 0 Å². The molecule has 138 valence electrons. The Morgan fingerprint density at radius 2 is 1.52 bits per heavy atom. The molecular weight excluding hydrogens is 366 g/mol. The Morgan fingerprint density at radius 1 is 1.00 bits per heavy atom. The molecule has 4 N–H and O–H groups in total. The Morgan fingerprint density at radius 3 is 2.04 bits per heavy atom. The number of benzene rings is 2. The molecule has 27 heavy (non-hydrogen) atoms. The molecule has 1 aromatic heterocycles. The van der Waals surface area contributed by atoms with Crippen molar-refractivity contribution in [3.05, 3.63) is 65.4 Å². The van der Waals surface area contributed by atoms with Gasteiger partial charge in [-0.1, -0.05) is 11.6 Å². The number of nitrogens with two attached hydrogens (primary N) is 1. The molecule has 3 aromatic rings. The third kappa shape index (κ3) is 4.65. The molecule has 0 bridgehead atoms. The van der Waals surface area contributed by atoms with Gasteiger partial charge in [0.05, 0.1) is 12.2 Å². The molecule has 1 heterocycles. The summed E-state index contributed by atoms with van der Waals surface area (Å²) in [5.41, 5.74) is 8.54. The van der Waals surface area contributed by atoms with Gasteiger partial charge in [0.15, 0.2) is 11.6 Å². The number of nitrogen functional groups attached to an aromatic ring is 1. The van der Waals surface area contributed by atoms with Crippen LogP contribution in [-0.4, -0.2) is 22.5 Å². The van der Waals surface area contributed by atoms with E-state index in [4.69, 9.17) is 22.1 Å². The molecule has 0 saturated heterocycles. The molecular formula is C19H18ClN5O2. The monoisotopic (exact) mass is 383 g/mol. The second-order valence-electron chi connectivity index (χ2n) is 5.54. The highest BCUT2D eigenvalue weighted by atomic mass is 35.5. The van der Waals surface area contributed by atoms with Crippen molar-refractivity contribution in [2.45, 2.75) is 6.92 Å². The molecule has 0 fully saturated rings. The fourth-order valence-electron chi connectivity index (χ4n) is 2.31. The third-order valence-electron chi connectivity index (χ3n) is 3.65. The number of carbonyl (C=O) groups is 1. The first kappa shape index (κ1) is 18.5. The van der Waals surface area contributed by atoms with Crippen LogP contribution in [0, 0.1) is 0 Å². The highest BCUT2D eigenvalue weighted by Gasteiger charge is 2.10. The van der Waals surface area contributed by atoms with E-state index in [0.717, 1.165) is 11.4 Å². The molecule has 0 amide bonds. The number of aromatic nitrogens is 2. The van der Waals surface area contributed by atoms with E-state index in [0.29, 0.717) is 34.5 Å². The minimum atomic E-state index is -0.361. The zero-order valence-corrected chi connectivity index (χ0v) is 15.3. The topological polar surface area (TPSA) is 102 Å². The van der Waals surface area contributed by atoms with Gasteiger partial charge < -0.3 is 21.1 Å². The van der Waals surface area contributed by atoms with Gasteiger partial charge in [-0.15, -0.1) is 0 Å². The van der Waals surface area contributed by atoms with Crippen molar-refractivity contribution in [1.82, 2.24) is 9.97 Å². The number of halogens is 1. The summed E-state index contributed by atoms with van der Waals surface area (Å²) in [6.45, 7) is 2.10. The van der Waals surface area contributed by atoms with E-state index in [9.17, 15) is 4.79 Å². The van der Waals surface area contributed by atoms with Gasteiger partial charge >= 0.3 is 5.97 Å². The second-order valence-corrected chi connectivity index (χ2v) is 5.98. The molecule has 0 aliphatic carbocycles. The minimum absolute atomic E-state index is 0.333. The van der Waals surface area contributed by atoms with Gasteiger partial charge in [-0.05, 0) is 55.5 Å². The number of nitrogens with zero attached hydrogens (tertiary/aromatic N) is 2. The van der Waals surface area contributed by atoms with Crippen molar-refractivity contribution < 1.29 is 9.53 Å². The first-order valence-electron chi connectivity index (χ1n) is 8.24. The first-order valence-corrected chi connectivity index (χ1v) is 8.62. The van der Waals surface area contributed by atoms with Gasteiger partial charge in [0, 0.05) is 16.4 Å². The van der Waals surface area contributed by atoms with Crippen LogP contribution in [-0.2, 0) is 4.74 Å². The van der Waals surface area contributed by atoms with Gasteiger partial charge in [-0.2, -0.15) is 0 Å². The number of nitrogens with one attached hydrogen (secondary N) is 2. The van der Waals surface area contributed by atoms with Crippen molar-refractivity contribution in [3.63, 3.8) is 0 Å². The SMILES string of the molecule is CCOC(=O)c1ccc(Nc2ncnc(Nc3ccc(Cl)cc3)c2N)cc1. The standard InChI is InChI=1S/C19H18ClN5O2/c1-2-27-19(26)12-3-7-14(8-4-12)24-17-16(21)18(23-11-22-17)25-15-9-5-13(20)6-10-15/h3-11H,2,21H2,1H3,(H2,22,23,24,25). The van der Waals surface area contributed by atoms with Crippen LogP contribution in [0.3, 0.4) is 0 Å². The van der Waals surface area contributed by atoms with Gasteiger partial charge in [0.1, 0.15) is 12.0 Å². The maximum atomic E-state index is 11.7. The lowest BCUT2D eigenvalue weighted by molar-refractivity contribution is 0.0526. The smallest absolute Gasteiger partial charge is 0.338 e. The van der Waals surface area contributed by atoms with Crippen molar-refractivity contribution in [3.8, 4) is 0 Å². The molecule has 8 heteroatoms. The molecule has 7 nitrogen and oxygen atoms in total. The predicted molar refractivity (Wildman–Crippen MR) is 107 cm³/mol. The summed E-state index contributed by atoms with van der Waals surface area (Å²) in [5, 5.41) is 6.89. The lowest BCUT2D eigenvalue weighted by atomic mass is 10.2. The summed E-state index contributed by atoms with van der Waals surface area (Å²) in [6, 6.07) is 14.0. The molecule has 2 aromatic carbocycles. The Kier molecular flexibility index (Phi) is 5.73. The van der Waals surface area contributed by atoms with E-state index in [1.165, 1.54) is 6.33 Å². The molecule has 0 atom stereocenters. The number of anilines is 5. The highest BCUT2D eigenvalue weighted by Crippen LogP contribution is 2.28. The largest absolute Gasteiger partial charge is 0.462 e. The van der Waals surface area contributed by atoms with E-state index in [-0.39, 0.29) is 5.97 Å². The Balaban J connectivity index is 1.75. The van der Waals surface area contributed by atoms with Crippen LogP contribution >= 0.6 is 11.6 Å². The second kappa shape index (κ2) is 8.37. The van der Waals surface area contributed by atoms with E-state index in [2.05, 4.69) is 20.6 Å². The number of rotatable bonds is 6. The minimum Gasteiger partial charge on any atom is -0.462 e. The van der Waals surface area contributed by atoms with E-state index in [1.807, 2.05) is 12.1 Å². The number of ether oxygens (including phenoxy) is 1. The number of hydrogen-bond acceptors (Lipinski definition) is 7. The molecule has 0 aliphatic heterocycles. The van der Waals surface area contributed by atoms with Crippen molar-refractivity contribution in [2.75, 3.05) is 23.0 Å². The Bertz CT molecular complexity index is 930. The summed E-state index contributed by atoms with van der Waals surface area (Å²) in [6.07, 6.45) is 1.41. The van der Waals surface area contributed by atoms with Gasteiger partial charge in [-0.25, -0.2) is 14.8 Å². The van der Waals surface area contributed by atoms with Crippen molar-refractivity contribution in [2.24, 2.45) is 0 Å².